The van der Waals surface area contributed by atoms with Crippen LogP contribution in [0.15, 0.2) is 28.4 Å². The summed E-state index contributed by atoms with van der Waals surface area (Å²) in [6, 6.07) is 4.14. The van der Waals surface area contributed by atoms with E-state index in [0.29, 0.717) is 5.92 Å². The van der Waals surface area contributed by atoms with Crippen molar-refractivity contribution >= 4 is 17.2 Å². The van der Waals surface area contributed by atoms with Gasteiger partial charge in [0, 0.05) is 10.6 Å². The van der Waals surface area contributed by atoms with Gasteiger partial charge in [0.2, 0.25) is 0 Å². The number of aliphatic imine (C=N–C) groups is 1. The summed E-state index contributed by atoms with van der Waals surface area (Å²) in [5.41, 5.74) is 2.16. The highest BCUT2D eigenvalue weighted by Gasteiger charge is 2.32. The Labute approximate surface area is 105 Å². The Kier molecular flexibility index (Phi) is 2.56. The first-order valence-electron chi connectivity index (χ1n) is 5.95. The van der Waals surface area contributed by atoms with Gasteiger partial charge in [-0.3, -0.25) is 0 Å². The zero-order chi connectivity index (χ0) is 12.0. The molecule has 2 N–H and O–H groups in total. The number of nitrogens with zero attached hydrogens (tertiary/aromatic N) is 1. The third-order valence-electron chi connectivity index (χ3n) is 3.28. The molecule has 1 aromatic rings. The van der Waals surface area contributed by atoms with Crippen LogP contribution in [0.3, 0.4) is 0 Å². The van der Waals surface area contributed by atoms with Gasteiger partial charge in [-0.25, -0.2) is 4.99 Å². The Hall–Kier alpha value is -1.13. The minimum absolute atomic E-state index is 0.608. The van der Waals surface area contributed by atoms with Crippen LogP contribution in [0.1, 0.15) is 29.5 Å². The maximum atomic E-state index is 9.98. The number of aryl methyl sites for hydroxylation is 1. The summed E-state index contributed by atoms with van der Waals surface area (Å²) in [6.45, 7) is 4.04. The summed E-state index contributed by atoms with van der Waals surface area (Å²) in [4.78, 5) is 6.69. The van der Waals surface area contributed by atoms with Gasteiger partial charge in [-0.05, 0) is 50.3 Å². The van der Waals surface area contributed by atoms with Crippen LogP contribution < -0.4 is 5.32 Å². The van der Waals surface area contributed by atoms with E-state index in [2.05, 4.69) is 29.4 Å². The first-order valence-corrected chi connectivity index (χ1v) is 6.77. The molecule has 3 rings (SSSR count). The Bertz CT molecular complexity index is 511. The lowest BCUT2D eigenvalue weighted by Crippen LogP contribution is -2.33. The maximum absolute atomic E-state index is 9.98. The van der Waals surface area contributed by atoms with E-state index in [9.17, 15) is 5.11 Å². The number of aliphatic hydroxyl groups is 1. The quantitative estimate of drug-likeness (QED) is 0.844. The molecule has 2 aliphatic rings. The van der Waals surface area contributed by atoms with Crippen molar-refractivity contribution in [1.29, 1.82) is 0 Å². The van der Waals surface area contributed by atoms with Crippen LogP contribution in [0.5, 0.6) is 0 Å². The summed E-state index contributed by atoms with van der Waals surface area (Å²) < 4.78 is 0. The topological polar surface area (TPSA) is 44.6 Å². The molecule has 1 aliphatic heterocycles. The van der Waals surface area contributed by atoms with Crippen LogP contribution in [-0.4, -0.2) is 17.2 Å². The predicted octanol–water partition coefficient (Wildman–Crippen LogP) is 2.41. The number of thiophene rings is 1. The van der Waals surface area contributed by atoms with E-state index in [1.54, 1.807) is 11.3 Å². The molecule has 0 aromatic carbocycles. The van der Waals surface area contributed by atoms with E-state index >= 15 is 0 Å². The van der Waals surface area contributed by atoms with Gasteiger partial charge in [0.25, 0.3) is 0 Å². The molecule has 1 saturated carbocycles. The van der Waals surface area contributed by atoms with Gasteiger partial charge < -0.3 is 10.4 Å². The van der Waals surface area contributed by atoms with Crippen LogP contribution >= 0.6 is 11.3 Å². The monoisotopic (exact) mass is 248 g/mol. The summed E-state index contributed by atoms with van der Waals surface area (Å²) in [5.74, 6) is 1.43. The van der Waals surface area contributed by atoms with E-state index in [1.807, 2.05) is 6.92 Å². The second kappa shape index (κ2) is 3.96. The molecule has 1 aromatic heterocycles. The van der Waals surface area contributed by atoms with Crippen molar-refractivity contribution in [2.45, 2.75) is 32.9 Å². The van der Waals surface area contributed by atoms with Crippen molar-refractivity contribution in [3.05, 3.63) is 33.2 Å². The molecule has 2 heterocycles. The first kappa shape index (κ1) is 11.0. The average Bonchev–Trinajstić information content (AvgIpc) is 3.05. The van der Waals surface area contributed by atoms with Gasteiger partial charge >= 0.3 is 0 Å². The molecule has 0 bridgehead atoms. The lowest BCUT2D eigenvalue weighted by atomic mass is 10.1. The van der Waals surface area contributed by atoms with E-state index in [0.717, 1.165) is 16.3 Å². The largest absolute Gasteiger partial charge is 0.368 e. The van der Waals surface area contributed by atoms with Crippen molar-refractivity contribution in [3.8, 4) is 0 Å². The molecule has 0 spiro atoms. The smallest absolute Gasteiger partial charge is 0.171 e. The number of hydrogen-bond acceptors (Lipinski definition) is 4. The van der Waals surface area contributed by atoms with Crippen LogP contribution in [0.4, 0.5) is 0 Å². The number of amidine groups is 1. The number of allylic oxidation sites excluding steroid dienone is 1. The molecular weight excluding hydrogens is 232 g/mol. The molecule has 0 amide bonds. The Morgan fingerprint density at radius 2 is 2.12 bits per heavy atom. The standard InChI is InChI=1S/C13H16N2OS/c1-7-3-6-10(17-7)12-14-11(9-4-5-9)8(2)13(16)15-12/h3,6,9,13,16H,4-5H2,1-2H3,(H,14,15). The fourth-order valence-electron chi connectivity index (χ4n) is 2.10. The normalized spacial score (nSPS) is 24.6. The van der Waals surface area contributed by atoms with Crippen LogP contribution in [-0.2, 0) is 0 Å². The van der Waals surface area contributed by atoms with E-state index in [1.165, 1.54) is 23.4 Å². The number of rotatable bonds is 2. The van der Waals surface area contributed by atoms with Gasteiger partial charge in [-0.15, -0.1) is 11.3 Å². The Morgan fingerprint density at radius 1 is 1.35 bits per heavy atom. The molecule has 1 aliphatic carbocycles. The third-order valence-corrected chi connectivity index (χ3v) is 4.28. The van der Waals surface area contributed by atoms with Crippen molar-refractivity contribution in [2.75, 3.05) is 0 Å². The summed E-state index contributed by atoms with van der Waals surface area (Å²) >= 11 is 1.70. The van der Waals surface area contributed by atoms with Gasteiger partial charge in [-0.2, -0.15) is 0 Å². The van der Waals surface area contributed by atoms with Gasteiger partial charge in [0.05, 0.1) is 4.88 Å². The van der Waals surface area contributed by atoms with Gasteiger partial charge in [0.15, 0.2) is 6.23 Å². The third kappa shape index (κ3) is 2.03. The number of hydrogen-bond donors (Lipinski definition) is 2. The maximum Gasteiger partial charge on any atom is 0.171 e. The molecule has 90 valence electrons. The van der Waals surface area contributed by atoms with Crippen LogP contribution in [0.2, 0.25) is 0 Å². The first-order chi connectivity index (χ1) is 8.15. The molecule has 3 nitrogen and oxygen atoms in total. The highest BCUT2D eigenvalue weighted by molar-refractivity contribution is 7.14. The summed E-state index contributed by atoms with van der Waals surface area (Å²) in [7, 11) is 0. The molecule has 0 radical (unpaired) electrons. The zero-order valence-corrected chi connectivity index (χ0v) is 10.8. The molecule has 17 heavy (non-hydrogen) atoms. The molecule has 1 atom stereocenters. The van der Waals surface area contributed by atoms with Crippen molar-refractivity contribution < 1.29 is 5.11 Å². The van der Waals surface area contributed by atoms with Crippen molar-refractivity contribution in [2.24, 2.45) is 10.9 Å². The SMILES string of the molecule is CC1=C(C2CC2)NC(c2ccc(C)s2)=NC1O. The Balaban J connectivity index is 1.91. The zero-order valence-electron chi connectivity index (χ0n) is 10.0. The lowest BCUT2D eigenvalue weighted by molar-refractivity contribution is 0.216. The molecule has 0 saturated heterocycles. The molecule has 4 heteroatoms. The molecular formula is C13H16N2OS. The van der Waals surface area contributed by atoms with E-state index in [4.69, 9.17) is 0 Å². The van der Waals surface area contributed by atoms with E-state index in [-0.39, 0.29) is 0 Å². The fraction of sp³-hybridized carbons (Fsp3) is 0.462. The number of nitrogens with one attached hydrogen (secondary N) is 1. The average molecular weight is 248 g/mol. The minimum atomic E-state index is -0.677. The van der Waals surface area contributed by atoms with Crippen LogP contribution in [0.25, 0.3) is 0 Å². The van der Waals surface area contributed by atoms with Crippen molar-refractivity contribution in [3.63, 3.8) is 0 Å². The second-order valence-corrected chi connectivity index (χ2v) is 6.05. The van der Waals surface area contributed by atoms with Crippen molar-refractivity contribution in [1.82, 2.24) is 5.32 Å². The second-order valence-electron chi connectivity index (χ2n) is 4.76. The predicted molar refractivity (Wildman–Crippen MR) is 70.2 cm³/mol. The number of aliphatic hydroxyl groups excluding tert-OH is 1. The minimum Gasteiger partial charge on any atom is -0.368 e. The Morgan fingerprint density at radius 3 is 2.71 bits per heavy atom. The van der Waals surface area contributed by atoms with Crippen LogP contribution in [0, 0.1) is 12.8 Å². The summed E-state index contributed by atoms with van der Waals surface area (Å²) in [5, 5.41) is 13.4. The highest BCUT2D eigenvalue weighted by atomic mass is 32.1. The van der Waals surface area contributed by atoms with Gasteiger partial charge in [-0.1, -0.05) is 0 Å². The van der Waals surface area contributed by atoms with Gasteiger partial charge in [0.1, 0.15) is 5.84 Å². The highest BCUT2D eigenvalue weighted by Crippen LogP contribution is 2.38. The van der Waals surface area contributed by atoms with E-state index < -0.39 is 6.23 Å². The molecule has 1 fully saturated rings. The lowest BCUT2D eigenvalue weighted by Gasteiger charge is -2.23. The summed E-state index contributed by atoms with van der Waals surface area (Å²) in [6.07, 6.45) is 1.77. The fourth-order valence-corrected chi connectivity index (χ4v) is 2.92. The molecule has 1 unspecified atom stereocenters.